The molecule has 2 rings (SSSR count). The summed E-state index contributed by atoms with van der Waals surface area (Å²) in [4.78, 5) is 13.8. The fourth-order valence-corrected chi connectivity index (χ4v) is 3.03. The first-order chi connectivity index (χ1) is 10.7. The fourth-order valence-electron chi connectivity index (χ4n) is 2.00. The predicted octanol–water partition coefficient (Wildman–Crippen LogP) is 2.68. The average Bonchev–Trinajstić information content (AvgIpc) is 3.01. The monoisotopic (exact) mass is 337 g/mol. The molecule has 0 unspecified atom stereocenters. The number of hydrogen-bond acceptors (Lipinski definition) is 6. The van der Waals surface area contributed by atoms with Crippen LogP contribution in [0.5, 0.6) is 0 Å². The Kier molecular flexibility index (Phi) is 6.35. The van der Waals surface area contributed by atoms with E-state index >= 15 is 0 Å². The number of carbonyl (C=O) groups excluding carboxylic acids is 1. The lowest BCUT2D eigenvalue weighted by atomic mass is 10.1. The SMILES string of the molecule is CCCc1nnsc1C(=O)NC[C@H](O)c1ccc(SC)cc1. The molecule has 1 amide bonds. The normalized spacial score (nSPS) is 12.1. The van der Waals surface area contributed by atoms with Crippen molar-refractivity contribution in [2.24, 2.45) is 0 Å². The number of aliphatic hydroxyl groups is 1. The molecule has 7 heteroatoms. The van der Waals surface area contributed by atoms with Crippen LogP contribution in [0.3, 0.4) is 0 Å². The molecule has 0 bridgehead atoms. The van der Waals surface area contributed by atoms with Gasteiger partial charge in [0.2, 0.25) is 0 Å². The molecule has 0 fully saturated rings. The largest absolute Gasteiger partial charge is 0.387 e. The average molecular weight is 337 g/mol. The van der Waals surface area contributed by atoms with Crippen molar-refractivity contribution in [2.75, 3.05) is 12.8 Å². The molecule has 0 aliphatic heterocycles. The lowest BCUT2D eigenvalue weighted by Crippen LogP contribution is -2.28. The Bertz CT molecular complexity index is 614. The quantitative estimate of drug-likeness (QED) is 0.760. The summed E-state index contributed by atoms with van der Waals surface area (Å²) in [6, 6.07) is 7.66. The molecule has 5 nitrogen and oxygen atoms in total. The van der Waals surface area contributed by atoms with E-state index in [0.29, 0.717) is 4.88 Å². The molecule has 0 aliphatic rings. The molecule has 0 saturated carbocycles. The number of rotatable bonds is 7. The van der Waals surface area contributed by atoms with E-state index in [0.717, 1.165) is 40.5 Å². The summed E-state index contributed by atoms with van der Waals surface area (Å²) in [5.74, 6) is -0.224. The third-order valence-corrected chi connectivity index (χ3v) is 4.72. The maximum absolute atomic E-state index is 12.1. The molecule has 1 aromatic carbocycles. The van der Waals surface area contributed by atoms with Crippen LogP contribution in [0.15, 0.2) is 29.2 Å². The van der Waals surface area contributed by atoms with Gasteiger partial charge in [-0.1, -0.05) is 30.0 Å². The van der Waals surface area contributed by atoms with Crippen molar-refractivity contribution in [1.29, 1.82) is 0 Å². The minimum absolute atomic E-state index is 0.168. The number of carbonyl (C=O) groups is 1. The van der Waals surface area contributed by atoms with E-state index in [1.54, 1.807) is 11.8 Å². The van der Waals surface area contributed by atoms with Crippen LogP contribution in [-0.4, -0.2) is 33.4 Å². The highest BCUT2D eigenvalue weighted by molar-refractivity contribution is 7.98. The highest BCUT2D eigenvalue weighted by Gasteiger charge is 2.17. The van der Waals surface area contributed by atoms with Gasteiger partial charge in [-0.2, -0.15) is 0 Å². The Morgan fingerprint density at radius 3 is 2.77 bits per heavy atom. The van der Waals surface area contributed by atoms with E-state index < -0.39 is 6.10 Å². The van der Waals surface area contributed by atoms with Crippen molar-refractivity contribution in [3.63, 3.8) is 0 Å². The number of aryl methyl sites for hydroxylation is 1. The molecule has 1 atom stereocenters. The Balaban J connectivity index is 1.93. The topological polar surface area (TPSA) is 75.1 Å². The van der Waals surface area contributed by atoms with Gasteiger partial charge in [-0.3, -0.25) is 4.79 Å². The highest BCUT2D eigenvalue weighted by Crippen LogP contribution is 2.19. The second-order valence-electron chi connectivity index (χ2n) is 4.80. The summed E-state index contributed by atoms with van der Waals surface area (Å²) in [6.45, 7) is 2.20. The number of aliphatic hydroxyl groups excluding tert-OH is 1. The molecule has 0 radical (unpaired) electrons. The summed E-state index contributed by atoms with van der Waals surface area (Å²) in [7, 11) is 0. The number of hydrogen-bond donors (Lipinski definition) is 2. The second-order valence-corrected chi connectivity index (χ2v) is 6.43. The fraction of sp³-hybridized carbons (Fsp3) is 0.400. The molecular weight excluding hydrogens is 318 g/mol. The standard InChI is InChI=1S/C15H19N3O2S2/c1-3-4-12-14(22-18-17-12)15(20)16-9-13(19)10-5-7-11(21-2)8-6-10/h5-8,13,19H,3-4,9H2,1-2H3,(H,16,20)/t13-/m0/s1. The van der Waals surface area contributed by atoms with Crippen molar-refractivity contribution >= 4 is 29.2 Å². The number of nitrogens with zero attached hydrogens (tertiary/aromatic N) is 2. The van der Waals surface area contributed by atoms with Gasteiger partial charge in [-0.15, -0.1) is 16.9 Å². The van der Waals surface area contributed by atoms with Crippen LogP contribution in [0, 0.1) is 0 Å². The number of amides is 1. The number of aromatic nitrogens is 2. The van der Waals surface area contributed by atoms with Crippen LogP contribution in [0.4, 0.5) is 0 Å². The van der Waals surface area contributed by atoms with Crippen LogP contribution in [0.1, 0.15) is 40.4 Å². The summed E-state index contributed by atoms with van der Waals surface area (Å²) in [5, 5.41) is 16.9. The van der Waals surface area contributed by atoms with Gasteiger partial charge < -0.3 is 10.4 Å². The Morgan fingerprint density at radius 2 is 2.14 bits per heavy atom. The van der Waals surface area contributed by atoms with Gasteiger partial charge in [-0.25, -0.2) is 0 Å². The molecule has 0 spiro atoms. The van der Waals surface area contributed by atoms with Gasteiger partial charge in [-0.05, 0) is 41.9 Å². The van der Waals surface area contributed by atoms with E-state index in [-0.39, 0.29) is 12.5 Å². The van der Waals surface area contributed by atoms with Crippen LogP contribution in [-0.2, 0) is 6.42 Å². The number of benzene rings is 1. The van der Waals surface area contributed by atoms with Gasteiger partial charge in [0.25, 0.3) is 5.91 Å². The first-order valence-corrected chi connectivity index (χ1v) is 9.07. The zero-order valence-corrected chi connectivity index (χ0v) is 14.2. The second kappa shape index (κ2) is 8.26. The Labute approximate surface area is 138 Å². The van der Waals surface area contributed by atoms with Gasteiger partial charge in [0, 0.05) is 11.4 Å². The summed E-state index contributed by atoms with van der Waals surface area (Å²) in [6.07, 6.45) is 2.92. The summed E-state index contributed by atoms with van der Waals surface area (Å²) in [5.41, 5.74) is 1.51. The Hall–Kier alpha value is -1.44. The highest BCUT2D eigenvalue weighted by atomic mass is 32.2. The van der Waals surface area contributed by atoms with E-state index in [4.69, 9.17) is 0 Å². The van der Waals surface area contributed by atoms with Crippen molar-refractivity contribution < 1.29 is 9.90 Å². The molecule has 2 aromatic rings. The van der Waals surface area contributed by atoms with E-state index in [1.165, 1.54) is 0 Å². The van der Waals surface area contributed by atoms with Gasteiger partial charge in [0.05, 0.1) is 11.8 Å². The first-order valence-electron chi connectivity index (χ1n) is 7.07. The smallest absolute Gasteiger partial charge is 0.265 e. The van der Waals surface area contributed by atoms with E-state index in [2.05, 4.69) is 14.9 Å². The molecule has 2 N–H and O–H groups in total. The maximum atomic E-state index is 12.1. The lowest BCUT2D eigenvalue weighted by Gasteiger charge is -2.12. The van der Waals surface area contributed by atoms with E-state index in [9.17, 15) is 9.90 Å². The third-order valence-electron chi connectivity index (χ3n) is 3.21. The Morgan fingerprint density at radius 1 is 1.41 bits per heavy atom. The van der Waals surface area contributed by atoms with Gasteiger partial charge in [0.15, 0.2) is 0 Å². The van der Waals surface area contributed by atoms with Gasteiger partial charge in [0.1, 0.15) is 4.88 Å². The zero-order valence-electron chi connectivity index (χ0n) is 12.6. The summed E-state index contributed by atoms with van der Waals surface area (Å²) < 4.78 is 3.83. The minimum Gasteiger partial charge on any atom is -0.387 e. The summed E-state index contributed by atoms with van der Waals surface area (Å²) >= 11 is 2.74. The molecule has 0 aliphatic carbocycles. The van der Waals surface area contributed by atoms with Crippen molar-refractivity contribution in [2.45, 2.75) is 30.8 Å². The molecule has 1 aromatic heterocycles. The van der Waals surface area contributed by atoms with Crippen molar-refractivity contribution in [1.82, 2.24) is 14.9 Å². The first kappa shape index (κ1) is 16.9. The number of nitrogens with one attached hydrogen (secondary N) is 1. The molecule has 22 heavy (non-hydrogen) atoms. The molecular formula is C15H19N3O2S2. The van der Waals surface area contributed by atoms with Crippen LogP contribution < -0.4 is 5.32 Å². The van der Waals surface area contributed by atoms with Gasteiger partial charge >= 0.3 is 0 Å². The van der Waals surface area contributed by atoms with E-state index in [1.807, 2.05) is 37.4 Å². The zero-order chi connectivity index (χ0) is 15.9. The van der Waals surface area contributed by atoms with Crippen LogP contribution in [0.25, 0.3) is 0 Å². The maximum Gasteiger partial charge on any atom is 0.265 e. The van der Waals surface area contributed by atoms with Crippen molar-refractivity contribution in [3.05, 3.63) is 40.4 Å². The molecule has 0 saturated heterocycles. The molecule has 118 valence electrons. The molecule has 1 heterocycles. The van der Waals surface area contributed by atoms with Crippen molar-refractivity contribution in [3.8, 4) is 0 Å². The van der Waals surface area contributed by atoms with Crippen LogP contribution in [0.2, 0.25) is 0 Å². The predicted molar refractivity (Wildman–Crippen MR) is 89.4 cm³/mol. The number of thioether (sulfide) groups is 1. The lowest BCUT2D eigenvalue weighted by molar-refractivity contribution is 0.0919. The van der Waals surface area contributed by atoms with Crippen LogP contribution >= 0.6 is 23.3 Å². The third kappa shape index (κ3) is 4.28. The minimum atomic E-state index is -0.727.